The van der Waals surface area contributed by atoms with E-state index in [9.17, 15) is 9.59 Å². The monoisotopic (exact) mass is 432 g/mol. The smallest absolute Gasteiger partial charge is 0.310 e. The van der Waals surface area contributed by atoms with Crippen LogP contribution in [0.4, 0.5) is 5.13 Å². The highest BCUT2D eigenvalue weighted by molar-refractivity contribution is 7.22. The fraction of sp³-hybridized carbons (Fsp3) is 0.278. The minimum atomic E-state index is -0.993. The molecule has 2 N–H and O–H groups in total. The summed E-state index contributed by atoms with van der Waals surface area (Å²) in [7, 11) is 1.52. The van der Waals surface area contributed by atoms with Crippen molar-refractivity contribution in [2.24, 2.45) is 0 Å². The summed E-state index contributed by atoms with van der Waals surface area (Å²) in [6.45, 7) is 1.19. The summed E-state index contributed by atoms with van der Waals surface area (Å²) in [4.78, 5) is 36.2. The predicted octanol–water partition coefficient (Wildman–Crippen LogP) is 2.84. The average Bonchev–Trinajstić information content (AvgIpc) is 3.34. The molecule has 1 amide bonds. The maximum atomic E-state index is 12.5. The van der Waals surface area contributed by atoms with Crippen LogP contribution >= 0.6 is 22.7 Å². The van der Waals surface area contributed by atoms with Crippen molar-refractivity contribution in [1.82, 2.24) is 15.0 Å². The summed E-state index contributed by atoms with van der Waals surface area (Å²) in [6, 6.07) is 0. The molecule has 4 heterocycles. The maximum Gasteiger partial charge on any atom is 0.310 e. The molecule has 3 aromatic rings. The molecule has 0 aromatic carbocycles. The van der Waals surface area contributed by atoms with Gasteiger partial charge in [-0.15, -0.1) is 11.3 Å². The largest absolute Gasteiger partial charge is 0.481 e. The van der Waals surface area contributed by atoms with Crippen LogP contribution in [0.25, 0.3) is 15.8 Å². The summed E-state index contributed by atoms with van der Waals surface area (Å²) in [5.41, 5.74) is 2.79. The Morgan fingerprint density at radius 2 is 2.24 bits per heavy atom. The summed E-state index contributed by atoms with van der Waals surface area (Å²) in [5.74, 6) is -1.06. The Morgan fingerprint density at radius 3 is 2.97 bits per heavy atom. The van der Waals surface area contributed by atoms with Gasteiger partial charge in [0.25, 0.3) is 5.91 Å². The molecule has 9 nitrogen and oxygen atoms in total. The molecule has 0 fully saturated rings. The fourth-order valence-corrected chi connectivity index (χ4v) is 4.64. The Kier molecular flexibility index (Phi) is 5.51. The van der Waals surface area contributed by atoms with Gasteiger partial charge in [0.15, 0.2) is 5.13 Å². The maximum absolute atomic E-state index is 12.5. The van der Waals surface area contributed by atoms with Crippen molar-refractivity contribution in [3.8, 4) is 5.88 Å². The molecule has 0 bridgehead atoms. The van der Waals surface area contributed by atoms with E-state index in [4.69, 9.17) is 14.6 Å². The molecule has 0 saturated carbocycles. The number of methoxy groups -OCH3 is 1. The number of hydrogen-bond acceptors (Lipinski definition) is 9. The molecular weight excluding hydrogens is 416 g/mol. The predicted molar refractivity (Wildman–Crippen MR) is 109 cm³/mol. The lowest BCUT2D eigenvalue weighted by Crippen LogP contribution is -2.12. The van der Waals surface area contributed by atoms with Gasteiger partial charge in [-0.1, -0.05) is 17.4 Å². The number of aromatic nitrogens is 3. The number of nitrogens with one attached hydrogen (secondary N) is 1. The SMILES string of the molecule is COc1ncc(C2=CCOCC2)c2sc(NC(=O)c3csc(CC(=O)O)n3)nc12. The number of anilines is 1. The number of aliphatic carboxylic acids is 1. The summed E-state index contributed by atoms with van der Waals surface area (Å²) < 4.78 is 11.6. The van der Waals surface area contributed by atoms with Gasteiger partial charge in [0.1, 0.15) is 16.2 Å². The third-order valence-corrected chi connectivity index (χ3v) is 6.05. The number of carbonyl (C=O) groups excluding carboxylic acids is 1. The second-order valence-corrected chi connectivity index (χ2v) is 8.03. The van der Waals surface area contributed by atoms with Crippen LogP contribution in [-0.4, -0.2) is 52.3 Å². The first-order valence-electron chi connectivity index (χ1n) is 8.63. The molecule has 1 aliphatic rings. The first kappa shape index (κ1) is 19.4. The van der Waals surface area contributed by atoms with E-state index in [-0.39, 0.29) is 12.1 Å². The number of carbonyl (C=O) groups is 2. The third kappa shape index (κ3) is 4.11. The number of carboxylic acid groups (broad SMARTS) is 1. The summed E-state index contributed by atoms with van der Waals surface area (Å²) in [5, 5.41) is 13.9. The van der Waals surface area contributed by atoms with E-state index in [2.05, 4.69) is 20.3 Å². The van der Waals surface area contributed by atoms with Crippen molar-refractivity contribution in [3.05, 3.63) is 33.9 Å². The van der Waals surface area contributed by atoms with Gasteiger partial charge < -0.3 is 14.6 Å². The number of nitrogens with zero attached hydrogens (tertiary/aromatic N) is 3. The number of hydrogen-bond donors (Lipinski definition) is 2. The van der Waals surface area contributed by atoms with Gasteiger partial charge in [-0.2, -0.15) is 0 Å². The Hall–Kier alpha value is -2.89. The highest BCUT2D eigenvalue weighted by Crippen LogP contribution is 2.37. The van der Waals surface area contributed by atoms with Gasteiger partial charge in [0.2, 0.25) is 5.88 Å². The minimum absolute atomic E-state index is 0.156. The second-order valence-electron chi connectivity index (χ2n) is 6.08. The Balaban J connectivity index is 1.64. The van der Waals surface area contributed by atoms with Crippen LogP contribution in [0.3, 0.4) is 0 Å². The Labute approximate surface area is 173 Å². The molecule has 3 aromatic heterocycles. The molecule has 0 atom stereocenters. The summed E-state index contributed by atoms with van der Waals surface area (Å²) >= 11 is 2.45. The van der Waals surface area contributed by atoms with Crippen LogP contribution in [0.2, 0.25) is 0 Å². The first-order chi connectivity index (χ1) is 14.0. The van der Waals surface area contributed by atoms with Crippen molar-refractivity contribution < 1.29 is 24.2 Å². The van der Waals surface area contributed by atoms with Crippen LogP contribution in [-0.2, 0) is 16.0 Å². The molecular formula is C18H16N4O5S2. The Bertz CT molecular complexity index is 1120. The van der Waals surface area contributed by atoms with E-state index in [1.165, 1.54) is 23.8 Å². The molecule has 0 saturated heterocycles. The fourth-order valence-electron chi connectivity index (χ4n) is 2.88. The van der Waals surface area contributed by atoms with Crippen molar-refractivity contribution in [2.45, 2.75) is 12.8 Å². The second kappa shape index (κ2) is 8.23. The molecule has 150 valence electrons. The standard InChI is InChI=1S/C18H16N4O5S2/c1-26-17-14-15(10(7-19-17)9-2-4-27-5-3-9)29-18(21-14)22-16(25)11-8-28-12(20-11)6-13(23)24/h2,7-8H,3-6H2,1H3,(H,23,24)(H,21,22,25). The number of thiazole rings is 2. The van der Waals surface area contributed by atoms with Crippen LogP contribution < -0.4 is 10.1 Å². The van der Waals surface area contributed by atoms with Crippen LogP contribution in [0.15, 0.2) is 17.7 Å². The van der Waals surface area contributed by atoms with Gasteiger partial charge in [0, 0.05) is 17.1 Å². The average molecular weight is 432 g/mol. The molecule has 0 spiro atoms. The zero-order valence-electron chi connectivity index (χ0n) is 15.3. The lowest BCUT2D eigenvalue weighted by atomic mass is 10.0. The zero-order chi connectivity index (χ0) is 20.4. The van der Waals surface area contributed by atoms with E-state index < -0.39 is 11.9 Å². The van der Waals surface area contributed by atoms with E-state index >= 15 is 0 Å². The van der Waals surface area contributed by atoms with Gasteiger partial charge in [-0.3, -0.25) is 14.9 Å². The number of rotatable bonds is 6. The van der Waals surface area contributed by atoms with Gasteiger partial charge in [-0.05, 0) is 12.0 Å². The van der Waals surface area contributed by atoms with Crippen molar-refractivity contribution >= 4 is 55.5 Å². The van der Waals surface area contributed by atoms with Gasteiger partial charge in [-0.25, -0.2) is 15.0 Å². The highest BCUT2D eigenvalue weighted by atomic mass is 32.1. The molecule has 29 heavy (non-hydrogen) atoms. The number of ether oxygens (including phenoxy) is 2. The number of amides is 1. The van der Waals surface area contributed by atoms with Crippen LogP contribution in [0, 0.1) is 0 Å². The van der Waals surface area contributed by atoms with Crippen molar-refractivity contribution in [3.63, 3.8) is 0 Å². The van der Waals surface area contributed by atoms with Gasteiger partial charge in [0.05, 0.1) is 31.4 Å². The molecule has 0 unspecified atom stereocenters. The molecule has 0 radical (unpaired) electrons. The number of fused-ring (bicyclic) bond motifs is 1. The van der Waals surface area contributed by atoms with Crippen molar-refractivity contribution in [2.75, 3.05) is 25.6 Å². The number of carboxylic acids is 1. The lowest BCUT2D eigenvalue weighted by molar-refractivity contribution is -0.136. The van der Waals surface area contributed by atoms with E-state index in [1.807, 2.05) is 6.08 Å². The van der Waals surface area contributed by atoms with Gasteiger partial charge >= 0.3 is 5.97 Å². The Morgan fingerprint density at radius 1 is 1.38 bits per heavy atom. The summed E-state index contributed by atoms with van der Waals surface area (Å²) in [6.07, 6.45) is 4.32. The first-order valence-corrected chi connectivity index (χ1v) is 10.3. The molecule has 4 rings (SSSR count). The normalized spacial score (nSPS) is 13.9. The van der Waals surface area contributed by atoms with E-state index in [1.54, 1.807) is 6.20 Å². The minimum Gasteiger partial charge on any atom is -0.481 e. The highest BCUT2D eigenvalue weighted by Gasteiger charge is 2.20. The van der Waals surface area contributed by atoms with Crippen molar-refractivity contribution in [1.29, 1.82) is 0 Å². The molecule has 1 aliphatic heterocycles. The van der Waals surface area contributed by atoms with Crippen LogP contribution in [0.1, 0.15) is 27.5 Å². The van der Waals surface area contributed by atoms with Crippen LogP contribution in [0.5, 0.6) is 5.88 Å². The van der Waals surface area contributed by atoms with E-state index in [0.717, 1.165) is 33.6 Å². The molecule has 11 heteroatoms. The quantitative estimate of drug-likeness (QED) is 0.609. The zero-order valence-corrected chi connectivity index (χ0v) is 16.9. The third-order valence-electron chi connectivity index (χ3n) is 4.20. The lowest BCUT2D eigenvalue weighted by Gasteiger charge is -2.14. The molecule has 0 aliphatic carbocycles. The topological polar surface area (TPSA) is 124 Å². The number of pyridine rings is 1. The van der Waals surface area contributed by atoms with E-state index in [0.29, 0.717) is 34.7 Å².